The molecule has 1 heterocycles. The number of hydrogen-bond acceptors (Lipinski definition) is 3. The van der Waals surface area contributed by atoms with E-state index in [1.807, 2.05) is 0 Å². The van der Waals surface area contributed by atoms with Crippen molar-refractivity contribution in [3.63, 3.8) is 0 Å². The van der Waals surface area contributed by atoms with E-state index in [1.165, 1.54) is 12.8 Å². The second-order valence-corrected chi connectivity index (χ2v) is 4.41. The Labute approximate surface area is 79.9 Å². The van der Waals surface area contributed by atoms with Crippen molar-refractivity contribution in [2.75, 3.05) is 13.1 Å². The van der Waals surface area contributed by atoms with Gasteiger partial charge in [0.15, 0.2) is 0 Å². The number of hydrogen-bond donors (Lipinski definition) is 3. The van der Waals surface area contributed by atoms with Crippen LogP contribution in [0.15, 0.2) is 0 Å². The first-order valence-corrected chi connectivity index (χ1v) is 5.44. The molecule has 2 aliphatic rings. The molecule has 3 N–H and O–H groups in total. The topological polar surface area (TPSA) is 44.3 Å². The van der Waals surface area contributed by atoms with E-state index < -0.39 is 0 Å². The lowest BCUT2D eigenvalue weighted by Crippen LogP contribution is -2.35. The third-order valence-electron chi connectivity index (χ3n) is 3.27. The molecule has 0 aromatic carbocycles. The maximum atomic E-state index is 9.29. The summed E-state index contributed by atoms with van der Waals surface area (Å²) in [5, 5.41) is 16.1. The number of rotatable bonds is 4. The SMILES string of the molecule is CCC1CC1NCC1CC(O)CN1. The van der Waals surface area contributed by atoms with Gasteiger partial charge in [-0.2, -0.15) is 0 Å². The zero-order valence-electron chi connectivity index (χ0n) is 8.29. The zero-order chi connectivity index (χ0) is 9.26. The molecule has 0 spiro atoms. The molecule has 13 heavy (non-hydrogen) atoms. The highest BCUT2D eigenvalue weighted by Gasteiger charge is 2.35. The Morgan fingerprint density at radius 2 is 2.31 bits per heavy atom. The van der Waals surface area contributed by atoms with Crippen molar-refractivity contribution >= 4 is 0 Å². The second-order valence-electron chi connectivity index (χ2n) is 4.41. The van der Waals surface area contributed by atoms with Crippen LogP contribution in [-0.2, 0) is 0 Å². The van der Waals surface area contributed by atoms with E-state index in [2.05, 4.69) is 17.6 Å². The summed E-state index contributed by atoms with van der Waals surface area (Å²) in [6.07, 6.45) is 3.45. The minimum atomic E-state index is -0.118. The molecule has 4 unspecified atom stereocenters. The fraction of sp³-hybridized carbons (Fsp3) is 1.00. The van der Waals surface area contributed by atoms with Gasteiger partial charge in [0.1, 0.15) is 0 Å². The fourth-order valence-corrected chi connectivity index (χ4v) is 2.20. The first kappa shape index (κ1) is 9.44. The van der Waals surface area contributed by atoms with Crippen molar-refractivity contribution in [1.82, 2.24) is 10.6 Å². The van der Waals surface area contributed by atoms with E-state index in [9.17, 15) is 5.11 Å². The molecule has 0 bridgehead atoms. The van der Waals surface area contributed by atoms with E-state index in [-0.39, 0.29) is 6.10 Å². The molecule has 0 amide bonds. The first-order valence-electron chi connectivity index (χ1n) is 5.44. The zero-order valence-corrected chi connectivity index (χ0v) is 8.29. The van der Waals surface area contributed by atoms with Crippen molar-refractivity contribution < 1.29 is 5.11 Å². The smallest absolute Gasteiger partial charge is 0.0680 e. The van der Waals surface area contributed by atoms with Crippen molar-refractivity contribution in [3.05, 3.63) is 0 Å². The van der Waals surface area contributed by atoms with Crippen LogP contribution < -0.4 is 10.6 Å². The van der Waals surface area contributed by atoms with Gasteiger partial charge in [-0.3, -0.25) is 0 Å². The predicted molar refractivity (Wildman–Crippen MR) is 52.6 cm³/mol. The van der Waals surface area contributed by atoms with Crippen molar-refractivity contribution in [1.29, 1.82) is 0 Å². The Morgan fingerprint density at radius 1 is 1.46 bits per heavy atom. The quantitative estimate of drug-likeness (QED) is 0.580. The van der Waals surface area contributed by atoms with Gasteiger partial charge >= 0.3 is 0 Å². The van der Waals surface area contributed by atoms with E-state index in [1.54, 1.807) is 0 Å². The summed E-state index contributed by atoms with van der Waals surface area (Å²) < 4.78 is 0. The van der Waals surface area contributed by atoms with Crippen LogP contribution >= 0.6 is 0 Å². The van der Waals surface area contributed by atoms with E-state index in [0.29, 0.717) is 6.04 Å². The summed E-state index contributed by atoms with van der Waals surface area (Å²) in [6.45, 7) is 4.05. The van der Waals surface area contributed by atoms with Gasteiger partial charge in [0.2, 0.25) is 0 Å². The fourth-order valence-electron chi connectivity index (χ4n) is 2.20. The lowest BCUT2D eigenvalue weighted by molar-refractivity contribution is 0.193. The van der Waals surface area contributed by atoms with Gasteiger partial charge in [0.25, 0.3) is 0 Å². The van der Waals surface area contributed by atoms with Crippen LogP contribution in [0.5, 0.6) is 0 Å². The molecule has 1 saturated carbocycles. The highest BCUT2D eigenvalue weighted by Crippen LogP contribution is 2.32. The highest BCUT2D eigenvalue weighted by atomic mass is 16.3. The monoisotopic (exact) mass is 184 g/mol. The molecule has 0 radical (unpaired) electrons. The van der Waals surface area contributed by atoms with Gasteiger partial charge in [-0.25, -0.2) is 0 Å². The number of β-amino-alcohol motifs (C(OH)–C–C–N with tert-alkyl or cyclic N) is 1. The maximum Gasteiger partial charge on any atom is 0.0680 e. The summed E-state index contributed by atoms with van der Waals surface area (Å²) >= 11 is 0. The van der Waals surface area contributed by atoms with Crippen LogP contribution in [0, 0.1) is 5.92 Å². The maximum absolute atomic E-state index is 9.29. The predicted octanol–water partition coefficient (Wildman–Crippen LogP) is 0.0973. The van der Waals surface area contributed by atoms with Gasteiger partial charge < -0.3 is 15.7 Å². The van der Waals surface area contributed by atoms with E-state index in [0.717, 1.165) is 31.5 Å². The van der Waals surface area contributed by atoms with Crippen LogP contribution in [0.1, 0.15) is 26.2 Å². The molecular weight excluding hydrogens is 164 g/mol. The number of aliphatic hydroxyl groups excluding tert-OH is 1. The Bertz CT molecular complexity index is 174. The van der Waals surface area contributed by atoms with E-state index in [4.69, 9.17) is 0 Å². The standard InChI is InChI=1S/C10H20N2O/c1-2-7-3-10(7)12-5-8-4-9(13)6-11-8/h7-13H,2-6H2,1H3. The highest BCUT2D eigenvalue weighted by molar-refractivity contribution is 4.94. The Balaban J connectivity index is 1.59. The van der Waals surface area contributed by atoms with Crippen molar-refractivity contribution in [2.24, 2.45) is 5.92 Å². The normalized spacial score (nSPS) is 43.8. The van der Waals surface area contributed by atoms with Crippen molar-refractivity contribution in [2.45, 2.75) is 44.4 Å². The van der Waals surface area contributed by atoms with Crippen LogP contribution in [0.4, 0.5) is 0 Å². The molecule has 1 aliphatic carbocycles. The molecule has 1 aliphatic heterocycles. The van der Waals surface area contributed by atoms with Gasteiger partial charge in [0, 0.05) is 25.2 Å². The van der Waals surface area contributed by atoms with E-state index >= 15 is 0 Å². The average molecular weight is 184 g/mol. The lowest BCUT2D eigenvalue weighted by atomic mass is 10.2. The Hall–Kier alpha value is -0.120. The third kappa shape index (κ3) is 2.42. The van der Waals surface area contributed by atoms with Crippen LogP contribution in [-0.4, -0.2) is 36.4 Å². The Morgan fingerprint density at radius 3 is 2.85 bits per heavy atom. The van der Waals surface area contributed by atoms with Crippen LogP contribution in [0.3, 0.4) is 0 Å². The van der Waals surface area contributed by atoms with Crippen LogP contribution in [0.25, 0.3) is 0 Å². The molecule has 1 saturated heterocycles. The summed E-state index contributed by atoms with van der Waals surface area (Å²) in [7, 11) is 0. The Kier molecular flexibility index (Phi) is 2.86. The van der Waals surface area contributed by atoms with Gasteiger partial charge in [-0.15, -0.1) is 0 Å². The first-order chi connectivity index (χ1) is 6.29. The molecule has 2 rings (SSSR count). The molecule has 0 aromatic heterocycles. The summed E-state index contributed by atoms with van der Waals surface area (Å²) in [4.78, 5) is 0. The second kappa shape index (κ2) is 3.95. The lowest BCUT2D eigenvalue weighted by Gasteiger charge is -2.10. The van der Waals surface area contributed by atoms with Crippen LogP contribution in [0.2, 0.25) is 0 Å². The van der Waals surface area contributed by atoms with Gasteiger partial charge in [0.05, 0.1) is 6.10 Å². The summed E-state index contributed by atoms with van der Waals surface area (Å²) in [5.41, 5.74) is 0. The van der Waals surface area contributed by atoms with Gasteiger partial charge in [-0.05, 0) is 18.8 Å². The molecule has 3 heteroatoms. The summed E-state index contributed by atoms with van der Waals surface area (Å²) in [5.74, 6) is 0.923. The molecule has 4 atom stereocenters. The number of aliphatic hydroxyl groups is 1. The van der Waals surface area contributed by atoms with Gasteiger partial charge in [-0.1, -0.05) is 13.3 Å². The molecule has 76 valence electrons. The summed E-state index contributed by atoms with van der Waals surface area (Å²) in [6, 6.07) is 1.26. The minimum absolute atomic E-state index is 0.118. The minimum Gasteiger partial charge on any atom is -0.392 e. The molecule has 2 fully saturated rings. The molecular formula is C10H20N2O. The third-order valence-corrected chi connectivity index (χ3v) is 3.27. The van der Waals surface area contributed by atoms with Crippen molar-refractivity contribution in [3.8, 4) is 0 Å². The molecule has 0 aromatic rings. The average Bonchev–Trinajstić information content (AvgIpc) is 2.78. The molecule has 3 nitrogen and oxygen atoms in total. The number of nitrogens with one attached hydrogen (secondary N) is 2. The largest absolute Gasteiger partial charge is 0.392 e.